The zero-order chi connectivity index (χ0) is 14.6. The van der Waals surface area contributed by atoms with E-state index >= 15 is 0 Å². The van der Waals surface area contributed by atoms with Gasteiger partial charge in [-0.1, -0.05) is 0 Å². The van der Waals surface area contributed by atoms with Gasteiger partial charge in [-0.05, 0) is 6.42 Å². The number of nitrogens with two attached hydrogens (primary N) is 1. The first-order valence-corrected chi connectivity index (χ1v) is 5.44. The Bertz CT molecular complexity index is 480. The minimum absolute atomic E-state index is 0.0712. The molecule has 0 aromatic rings. The molecule has 1 aliphatic rings. The second-order valence-electron chi connectivity index (χ2n) is 3.88. The van der Waals surface area contributed by atoms with Gasteiger partial charge < -0.3 is 26.4 Å². The number of amides is 1. The summed E-state index contributed by atoms with van der Waals surface area (Å²) in [4.78, 5) is 33.9. The van der Waals surface area contributed by atoms with Crippen LogP contribution < -0.4 is 11.1 Å². The predicted octanol–water partition coefficient (Wildman–Crippen LogP) is -1.78. The van der Waals surface area contributed by atoms with Crippen LogP contribution in [0.3, 0.4) is 0 Å². The summed E-state index contributed by atoms with van der Waals surface area (Å²) in [6.07, 6.45) is 0.486. The van der Waals surface area contributed by atoms with E-state index < -0.39 is 41.6 Å². The Hall–Kier alpha value is -2.19. The normalized spacial score (nSPS) is 17.3. The highest BCUT2D eigenvalue weighted by atomic mass is 16.3. The average molecular weight is 270 g/mol. The van der Waals surface area contributed by atoms with Crippen LogP contribution in [0.1, 0.15) is 6.42 Å². The standard InChI is InChI=1S/C11H14N2O6/c12-6(4-14)11(19)13-2-1-5-9(17)7(15)3-8(16)10(5)18/h3,6,14-15,18H,1-2,4,12H2,(H,13,19)/t6-/m0/s1. The topological polar surface area (TPSA) is 150 Å². The predicted molar refractivity (Wildman–Crippen MR) is 63.1 cm³/mol. The van der Waals surface area contributed by atoms with Gasteiger partial charge in [0, 0.05) is 12.6 Å². The molecule has 8 nitrogen and oxygen atoms in total. The van der Waals surface area contributed by atoms with Crippen LogP contribution in [-0.2, 0) is 14.4 Å². The Labute approximate surface area is 108 Å². The fraction of sp³-hybridized carbons (Fsp3) is 0.364. The molecule has 0 unspecified atom stereocenters. The van der Waals surface area contributed by atoms with Crippen LogP contribution in [0.5, 0.6) is 0 Å². The van der Waals surface area contributed by atoms with Gasteiger partial charge in [-0.2, -0.15) is 0 Å². The van der Waals surface area contributed by atoms with Crippen molar-refractivity contribution in [2.24, 2.45) is 5.73 Å². The van der Waals surface area contributed by atoms with Crippen LogP contribution >= 0.6 is 0 Å². The Morgan fingerprint density at radius 3 is 2.58 bits per heavy atom. The van der Waals surface area contributed by atoms with Gasteiger partial charge in [-0.3, -0.25) is 14.4 Å². The molecule has 0 saturated carbocycles. The van der Waals surface area contributed by atoms with Gasteiger partial charge in [-0.15, -0.1) is 0 Å². The lowest BCUT2D eigenvalue weighted by Crippen LogP contribution is -2.43. The lowest BCUT2D eigenvalue weighted by atomic mass is 9.97. The molecule has 6 N–H and O–H groups in total. The van der Waals surface area contributed by atoms with Crippen molar-refractivity contribution in [3.63, 3.8) is 0 Å². The fourth-order valence-corrected chi connectivity index (χ4v) is 1.43. The third-order valence-corrected chi connectivity index (χ3v) is 2.50. The summed E-state index contributed by atoms with van der Waals surface area (Å²) in [5, 5.41) is 29.5. The van der Waals surface area contributed by atoms with Crippen LogP contribution in [0.4, 0.5) is 0 Å². The number of rotatable bonds is 5. The van der Waals surface area contributed by atoms with Crippen molar-refractivity contribution in [2.45, 2.75) is 12.5 Å². The van der Waals surface area contributed by atoms with Gasteiger partial charge in [0.15, 0.2) is 11.5 Å². The van der Waals surface area contributed by atoms with Gasteiger partial charge in [0.05, 0.1) is 12.2 Å². The number of ketones is 2. The summed E-state index contributed by atoms with van der Waals surface area (Å²) in [5.41, 5.74) is 4.97. The Kier molecular flexibility index (Phi) is 4.79. The second kappa shape index (κ2) is 6.12. The van der Waals surface area contributed by atoms with Crippen molar-refractivity contribution in [3.8, 4) is 0 Å². The van der Waals surface area contributed by atoms with E-state index in [0.717, 1.165) is 0 Å². The molecule has 0 saturated heterocycles. The number of carbonyl (C=O) groups excluding carboxylic acids is 3. The number of hydrogen-bond acceptors (Lipinski definition) is 7. The molecular weight excluding hydrogens is 256 g/mol. The van der Waals surface area contributed by atoms with Crippen molar-refractivity contribution in [1.82, 2.24) is 5.32 Å². The maximum Gasteiger partial charge on any atom is 0.239 e. The molecule has 0 radical (unpaired) electrons. The fourth-order valence-electron chi connectivity index (χ4n) is 1.43. The maximum absolute atomic E-state index is 11.5. The van der Waals surface area contributed by atoms with Crippen LogP contribution in [0.25, 0.3) is 0 Å². The summed E-state index contributed by atoms with van der Waals surface area (Å²) in [7, 11) is 0. The number of Topliss-reactive ketones (excluding diaryl/α,β-unsaturated/α-hetero) is 1. The van der Waals surface area contributed by atoms with E-state index in [1.165, 1.54) is 0 Å². The first-order valence-electron chi connectivity index (χ1n) is 5.44. The highest BCUT2D eigenvalue weighted by Gasteiger charge is 2.27. The van der Waals surface area contributed by atoms with E-state index in [-0.39, 0.29) is 18.5 Å². The molecule has 1 aliphatic carbocycles. The maximum atomic E-state index is 11.5. The van der Waals surface area contributed by atoms with Crippen LogP contribution in [0, 0.1) is 0 Å². The van der Waals surface area contributed by atoms with Gasteiger partial charge in [0.25, 0.3) is 0 Å². The summed E-state index contributed by atoms with van der Waals surface area (Å²) in [6.45, 7) is -0.598. The van der Waals surface area contributed by atoms with Gasteiger partial charge in [-0.25, -0.2) is 0 Å². The molecule has 0 heterocycles. The SMILES string of the molecule is N[C@@H](CO)C(=O)NCCC1=C(O)C(=O)C=C(O)C1=O. The average Bonchev–Trinajstić information content (AvgIpc) is 2.39. The third-order valence-electron chi connectivity index (χ3n) is 2.50. The number of hydrogen-bond donors (Lipinski definition) is 5. The number of aliphatic hydroxyl groups is 3. The largest absolute Gasteiger partial charge is 0.504 e. The molecule has 0 fully saturated rings. The quantitative estimate of drug-likeness (QED) is 0.370. The molecule has 0 spiro atoms. The van der Waals surface area contributed by atoms with E-state index in [9.17, 15) is 24.6 Å². The van der Waals surface area contributed by atoms with Gasteiger partial charge >= 0.3 is 0 Å². The van der Waals surface area contributed by atoms with E-state index in [4.69, 9.17) is 10.8 Å². The van der Waals surface area contributed by atoms with E-state index in [1.54, 1.807) is 0 Å². The number of nitrogens with one attached hydrogen (secondary N) is 1. The molecule has 1 amide bonds. The Morgan fingerprint density at radius 1 is 1.37 bits per heavy atom. The van der Waals surface area contributed by atoms with Crippen molar-refractivity contribution in [1.29, 1.82) is 0 Å². The Balaban J connectivity index is 2.62. The van der Waals surface area contributed by atoms with Crippen molar-refractivity contribution < 1.29 is 29.7 Å². The van der Waals surface area contributed by atoms with Gasteiger partial charge in [0.1, 0.15) is 6.04 Å². The van der Waals surface area contributed by atoms with E-state index in [2.05, 4.69) is 5.32 Å². The van der Waals surface area contributed by atoms with Crippen LogP contribution in [0.2, 0.25) is 0 Å². The minimum Gasteiger partial charge on any atom is -0.504 e. The second-order valence-corrected chi connectivity index (χ2v) is 3.88. The molecule has 0 bridgehead atoms. The van der Waals surface area contributed by atoms with E-state index in [1.807, 2.05) is 0 Å². The molecule has 0 aliphatic heterocycles. The third kappa shape index (κ3) is 3.39. The molecule has 104 valence electrons. The first kappa shape index (κ1) is 14.9. The summed E-state index contributed by atoms with van der Waals surface area (Å²) in [6, 6.07) is -1.08. The summed E-state index contributed by atoms with van der Waals surface area (Å²) in [5.74, 6) is -3.86. The molecule has 1 rings (SSSR count). The first-order chi connectivity index (χ1) is 8.88. The molecule has 19 heavy (non-hydrogen) atoms. The zero-order valence-corrected chi connectivity index (χ0v) is 9.92. The highest BCUT2D eigenvalue weighted by Crippen LogP contribution is 2.18. The van der Waals surface area contributed by atoms with Crippen LogP contribution in [0.15, 0.2) is 23.2 Å². The zero-order valence-electron chi connectivity index (χ0n) is 9.92. The lowest BCUT2D eigenvalue weighted by molar-refractivity contribution is -0.123. The Morgan fingerprint density at radius 2 is 2.00 bits per heavy atom. The summed E-state index contributed by atoms with van der Waals surface area (Å²) < 4.78 is 0. The lowest BCUT2D eigenvalue weighted by Gasteiger charge is -2.13. The molecule has 8 heteroatoms. The van der Waals surface area contributed by atoms with Crippen LogP contribution in [-0.4, -0.2) is 52.0 Å². The van der Waals surface area contributed by atoms with E-state index in [0.29, 0.717) is 6.08 Å². The molecule has 1 atom stereocenters. The minimum atomic E-state index is -1.08. The highest BCUT2D eigenvalue weighted by molar-refractivity contribution is 6.20. The number of carbonyl (C=O) groups is 3. The monoisotopic (exact) mass is 270 g/mol. The molecule has 0 aromatic carbocycles. The number of aliphatic hydroxyl groups excluding tert-OH is 3. The van der Waals surface area contributed by atoms with Crippen molar-refractivity contribution in [3.05, 3.63) is 23.2 Å². The van der Waals surface area contributed by atoms with Crippen molar-refractivity contribution in [2.75, 3.05) is 13.2 Å². The smallest absolute Gasteiger partial charge is 0.239 e. The van der Waals surface area contributed by atoms with Crippen molar-refractivity contribution >= 4 is 17.5 Å². The summed E-state index contributed by atoms with van der Waals surface area (Å²) >= 11 is 0. The molecular formula is C11H14N2O6. The molecule has 0 aromatic heterocycles. The van der Waals surface area contributed by atoms with Gasteiger partial charge in [0.2, 0.25) is 17.5 Å². The number of allylic oxidation sites excluding steroid dienone is 2.